The van der Waals surface area contributed by atoms with Crippen LogP contribution in [0.2, 0.25) is 0 Å². The lowest BCUT2D eigenvalue weighted by molar-refractivity contribution is 0.143. The Bertz CT molecular complexity index is 190. The average Bonchev–Trinajstić information content (AvgIpc) is 2.62. The van der Waals surface area contributed by atoms with Crippen LogP contribution < -0.4 is 5.32 Å². The third kappa shape index (κ3) is 3.48. The van der Waals surface area contributed by atoms with E-state index in [-0.39, 0.29) is 0 Å². The van der Waals surface area contributed by atoms with E-state index in [1.807, 2.05) is 0 Å². The molecule has 0 spiro atoms. The van der Waals surface area contributed by atoms with Gasteiger partial charge >= 0.3 is 0 Å². The van der Waals surface area contributed by atoms with E-state index in [0.717, 1.165) is 17.9 Å². The van der Waals surface area contributed by atoms with E-state index in [0.29, 0.717) is 5.41 Å². The number of nitrogens with one attached hydrogen (secondary N) is 1. The molecule has 1 N–H and O–H groups in total. The van der Waals surface area contributed by atoms with Crippen molar-refractivity contribution in [1.29, 1.82) is 0 Å². The SMILES string of the molecule is CNC(CC(C)C)C1(CC(C)C)CCCC1. The zero-order chi connectivity index (χ0) is 12.2. The molecular weight excluding hydrogens is 194 g/mol. The van der Waals surface area contributed by atoms with Crippen LogP contribution in [0.25, 0.3) is 0 Å². The van der Waals surface area contributed by atoms with Gasteiger partial charge in [-0.2, -0.15) is 0 Å². The molecule has 1 unspecified atom stereocenters. The van der Waals surface area contributed by atoms with Gasteiger partial charge in [-0.15, -0.1) is 0 Å². The van der Waals surface area contributed by atoms with Gasteiger partial charge in [-0.1, -0.05) is 40.5 Å². The second-order valence-electron chi connectivity index (χ2n) is 6.64. The van der Waals surface area contributed by atoms with Gasteiger partial charge < -0.3 is 5.32 Å². The first kappa shape index (κ1) is 14.0. The van der Waals surface area contributed by atoms with Gasteiger partial charge in [0.15, 0.2) is 0 Å². The van der Waals surface area contributed by atoms with Gasteiger partial charge in [0.05, 0.1) is 0 Å². The molecule has 0 aromatic rings. The summed E-state index contributed by atoms with van der Waals surface area (Å²) in [6, 6.07) is 0.734. The van der Waals surface area contributed by atoms with Gasteiger partial charge in [0, 0.05) is 6.04 Å². The van der Waals surface area contributed by atoms with Crippen LogP contribution in [0, 0.1) is 17.3 Å². The molecule has 0 bridgehead atoms. The van der Waals surface area contributed by atoms with Gasteiger partial charge in [0.2, 0.25) is 0 Å². The topological polar surface area (TPSA) is 12.0 Å². The molecule has 1 fully saturated rings. The van der Waals surface area contributed by atoms with E-state index < -0.39 is 0 Å². The van der Waals surface area contributed by atoms with Crippen molar-refractivity contribution < 1.29 is 0 Å². The minimum absolute atomic E-state index is 0.604. The van der Waals surface area contributed by atoms with Crippen molar-refractivity contribution >= 4 is 0 Å². The van der Waals surface area contributed by atoms with Crippen molar-refractivity contribution in [2.24, 2.45) is 17.3 Å². The highest BCUT2D eigenvalue weighted by atomic mass is 14.9. The summed E-state index contributed by atoms with van der Waals surface area (Å²) in [5.74, 6) is 1.64. The zero-order valence-electron chi connectivity index (χ0n) is 12.0. The molecule has 96 valence electrons. The van der Waals surface area contributed by atoms with E-state index in [1.54, 1.807) is 0 Å². The summed E-state index contributed by atoms with van der Waals surface area (Å²) < 4.78 is 0. The van der Waals surface area contributed by atoms with Crippen LogP contribution in [-0.2, 0) is 0 Å². The summed E-state index contributed by atoms with van der Waals surface area (Å²) in [4.78, 5) is 0. The molecular formula is C15H31N. The zero-order valence-corrected chi connectivity index (χ0v) is 12.0. The first-order valence-corrected chi connectivity index (χ1v) is 7.17. The Balaban J connectivity index is 2.72. The van der Waals surface area contributed by atoms with Gasteiger partial charge in [0.1, 0.15) is 0 Å². The Hall–Kier alpha value is -0.0400. The van der Waals surface area contributed by atoms with E-state index in [9.17, 15) is 0 Å². The molecule has 1 heteroatoms. The van der Waals surface area contributed by atoms with Crippen LogP contribution in [0.15, 0.2) is 0 Å². The van der Waals surface area contributed by atoms with Crippen LogP contribution in [0.5, 0.6) is 0 Å². The highest BCUT2D eigenvalue weighted by Gasteiger charge is 2.40. The number of hydrogen-bond donors (Lipinski definition) is 1. The Morgan fingerprint density at radius 3 is 1.94 bits per heavy atom. The van der Waals surface area contributed by atoms with Crippen LogP contribution in [0.3, 0.4) is 0 Å². The molecule has 0 aromatic carbocycles. The van der Waals surface area contributed by atoms with Crippen molar-refractivity contribution in [1.82, 2.24) is 5.32 Å². The van der Waals surface area contributed by atoms with Crippen molar-refractivity contribution in [2.45, 2.75) is 72.3 Å². The molecule has 0 radical (unpaired) electrons. The van der Waals surface area contributed by atoms with Gasteiger partial charge in [0.25, 0.3) is 0 Å². The highest BCUT2D eigenvalue weighted by molar-refractivity contribution is 4.95. The summed E-state index contributed by atoms with van der Waals surface area (Å²) in [6.07, 6.45) is 8.53. The summed E-state index contributed by atoms with van der Waals surface area (Å²) in [7, 11) is 2.16. The summed E-state index contributed by atoms with van der Waals surface area (Å²) in [5, 5.41) is 3.62. The molecule has 1 aliphatic carbocycles. The predicted molar refractivity (Wildman–Crippen MR) is 72.7 cm³/mol. The van der Waals surface area contributed by atoms with E-state index in [1.165, 1.54) is 38.5 Å². The summed E-state index contributed by atoms with van der Waals surface area (Å²) in [5.41, 5.74) is 0.604. The minimum Gasteiger partial charge on any atom is -0.316 e. The normalized spacial score (nSPS) is 21.9. The molecule has 0 amide bonds. The summed E-state index contributed by atoms with van der Waals surface area (Å²) >= 11 is 0. The monoisotopic (exact) mass is 225 g/mol. The fourth-order valence-electron chi connectivity index (χ4n) is 3.73. The molecule has 1 atom stereocenters. The fraction of sp³-hybridized carbons (Fsp3) is 1.00. The molecule has 1 rings (SSSR count). The van der Waals surface area contributed by atoms with Crippen molar-refractivity contribution in [3.05, 3.63) is 0 Å². The Kier molecular flexibility index (Phi) is 5.30. The van der Waals surface area contributed by atoms with E-state index >= 15 is 0 Å². The van der Waals surface area contributed by atoms with Crippen molar-refractivity contribution in [2.75, 3.05) is 7.05 Å². The Morgan fingerprint density at radius 1 is 1.00 bits per heavy atom. The van der Waals surface area contributed by atoms with Crippen molar-refractivity contribution in [3.63, 3.8) is 0 Å². The smallest absolute Gasteiger partial charge is 0.0123 e. The summed E-state index contributed by atoms with van der Waals surface area (Å²) in [6.45, 7) is 9.45. The lowest BCUT2D eigenvalue weighted by atomic mass is 9.70. The van der Waals surface area contributed by atoms with Crippen LogP contribution in [0.1, 0.15) is 66.2 Å². The van der Waals surface area contributed by atoms with E-state index in [2.05, 4.69) is 40.1 Å². The molecule has 0 aliphatic heterocycles. The van der Waals surface area contributed by atoms with Crippen LogP contribution in [0.4, 0.5) is 0 Å². The standard InChI is InChI=1S/C15H31N/c1-12(2)10-14(16-5)15(11-13(3)4)8-6-7-9-15/h12-14,16H,6-11H2,1-5H3. The number of hydrogen-bond acceptors (Lipinski definition) is 1. The van der Waals surface area contributed by atoms with Gasteiger partial charge in [-0.3, -0.25) is 0 Å². The Labute approximate surface area is 102 Å². The molecule has 16 heavy (non-hydrogen) atoms. The quantitative estimate of drug-likeness (QED) is 0.713. The maximum Gasteiger partial charge on any atom is 0.0123 e. The average molecular weight is 225 g/mol. The van der Waals surface area contributed by atoms with E-state index in [4.69, 9.17) is 0 Å². The minimum atomic E-state index is 0.604. The molecule has 1 aliphatic rings. The molecule has 0 heterocycles. The second kappa shape index (κ2) is 6.05. The molecule has 1 saturated carbocycles. The van der Waals surface area contributed by atoms with Crippen LogP contribution >= 0.6 is 0 Å². The molecule has 1 nitrogen and oxygen atoms in total. The first-order chi connectivity index (χ1) is 7.50. The fourth-order valence-corrected chi connectivity index (χ4v) is 3.73. The van der Waals surface area contributed by atoms with Gasteiger partial charge in [-0.25, -0.2) is 0 Å². The lowest BCUT2D eigenvalue weighted by Gasteiger charge is -2.40. The molecule has 0 saturated heterocycles. The predicted octanol–water partition coefficient (Wildman–Crippen LogP) is 4.23. The van der Waals surface area contributed by atoms with Gasteiger partial charge in [-0.05, 0) is 50.0 Å². The van der Waals surface area contributed by atoms with Crippen molar-refractivity contribution in [3.8, 4) is 0 Å². The third-order valence-corrected chi connectivity index (χ3v) is 4.21. The maximum absolute atomic E-state index is 3.62. The second-order valence-corrected chi connectivity index (χ2v) is 6.64. The highest BCUT2D eigenvalue weighted by Crippen LogP contribution is 2.47. The maximum atomic E-state index is 3.62. The first-order valence-electron chi connectivity index (χ1n) is 7.17. The van der Waals surface area contributed by atoms with Crippen LogP contribution in [-0.4, -0.2) is 13.1 Å². The number of rotatable bonds is 6. The molecule has 0 aromatic heterocycles. The Morgan fingerprint density at radius 2 is 1.56 bits per heavy atom. The third-order valence-electron chi connectivity index (χ3n) is 4.21. The lowest BCUT2D eigenvalue weighted by Crippen LogP contribution is -2.43. The largest absolute Gasteiger partial charge is 0.316 e.